The van der Waals surface area contributed by atoms with Crippen molar-refractivity contribution in [1.82, 2.24) is 14.9 Å². The molecule has 1 aromatic carbocycles. The van der Waals surface area contributed by atoms with Crippen LogP contribution in [0.15, 0.2) is 60.4 Å². The van der Waals surface area contributed by atoms with E-state index in [4.69, 9.17) is 10.8 Å². The molecule has 1 fully saturated rings. The number of nitrogen functional groups attached to an aromatic ring is 1. The molecule has 190 valence electrons. The van der Waals surface area contributed by atoms with E-state index in [1.54, 1.807) is 12.1 Å². The van der Waals surface area contributed by atoms with Gasteiger partial charge in [0.2, 0.25) is 0 Å². The number of hydrogen-bond donors (Lipinski definition) is 2. The van der Waals surface area contributed by atoms with Gasteiger partial charge in [-0.3, -0.25) is 9.88 Å². The molecule has 1 atom stereocenters. The minimum atomic E-state index is -0.878. The number of aryl methyl sites for hydroxylation is 1. The van der Waals surface area contributed by atoms with E-state index >= 15 is 0 Å². The van der Waals surface area contributed by atoms with E-state index < -0.39 is 5.97 Å². The van der Waals surface area contributed by atoms with Crippen molar-refractivity contribution < 1.29 is 9.90 Å². The molecule has 1 aliphatic rings. The Morgan fingerprint density at radius 2 is 1.75 bits per heavy atom. The van der Waals surface area contributed by atoms with Crippen LogP contribution in [0.3, 0.4) is 0 Å². The predicted molar refractivity (Wildman–Crippen MR) is 148 cm³/mol. The van der Waals surface area contributed by atoms with Crippen molar-refractivity contribution in [3.8, 4) is 11.1 Å². The number of carbonyl (C=O) groups is 1. The second-order valence-corrected chi connectivity index (χ2v) is 9.13. The molecule has 4 rings (SSSR count). The van der Waals surface area contributed by atoms with Gasteiger partial charge in [-0.2, -0.15) is 0 Å². The number of anilines is 1. The Balaban J connectivity index is 0.00000176. The quantitative estimate of drug-likeness (QED) is 0.417. The number of piperidine rings is 1. The van der Waals surface area contributed by atoms with Crippen molar-refractivity contribution in [3.05, 3.63) is 82.8 Å². The lowest BCUT2D eigenvalue weighted by atomic mass is 9.88. The number of carboxylic acids is 1. The van der Waals surface area contributed by atoms with Crippen molar-refractivity contribution in [2.24, 2.45) is 0 Å². The van der Waals surface area contributed by atoms with E-state index in [0.717, 1.165) is 48.3 Å². The molecule has 6 heteroatoms. The van der Waals surface area contributed by atoms with Crippen molar-refractivity contribution in [3.63, 3.8) is 0 Å². The number of nitrogens with two attached hydrogens (primary N) is 1. The van der Waals surface area contributed by atoms with Crippen LogP contribution in [0.25, 0.3) is 17.2 Å². The zero-order valence-corrected chi connectivity index (χ0v) is 22.0. The predicted octanol–water partition coefficient (Wildman–Crippen LogP) is 6.43. The molecule has 0 radical (unpaired) electrons. The number of rotatable bonds is 6. The molecule has 0 bridgehead atoms. The average Bonchev–Trinajstić information content (AvgIpc) is 2.91. The fourth-order valence-corrected chi connectivity index (χ4v) is 4.73. The average molecular weight is 487 g/mol. The molecule has 6 nitrogen and oxygen atoms in total. The van der Waals surface area contributed by atoms with Gasteiger partial charge < -0.3 is 10.8 Å². The summed E-state index contributed by atoms with van der Waals surface area (Å²) < 4.78 is 0. The van der Waals surface area contributed by atoms with Crippen LogP contribution in [0.4, 0.5) is 5.82 Å². The summed E-state index contributed by atoms with van der Waals surface area (Å²) in [6.45, 7) is 12.5. The summed E-state index contributed by atoms with van der Waals surface area (Å²) >= 11 is 0. The molecule has 0 amide bonds. The summed E-state index contributed by atoms with van der Waals surface area (Å²) in [5.41, 5.74) is 12.9. The molecule has 1 unspecified atom stereocenters. The molecule has 1 saturated heterocycles. The molecule has 0 aliphatic carbocycles. The molecule has 36 heavy (non-hydrogen) atoms. The monoisotopic (exact) mass is 486 g/mol. The van der Waals surface area contributed by atoms with E-state index in [1.165, 1.54) is 11.1 Å². The molecule has 1 aliphatic heterocycles. The van der Waals surface area contributed by atoms with E-state index in [0.29, 0.717) is 23.3 Å². The van der Waals surface area contributed by atoms with E-state index in [-0.39, 0.29) is 0 Å². The Kier molecular flexibility index (Phi) is 9.37. The minimum Gasteiger partial charge on any atom is -0.478 e. The summed E-state index contributed by atoms with van der Waals surface area (Å²) in [7, 11) is 0. The standard InChI is InChI=1S/C28H32N4O2.C2H6/c1-18(16-26-19(2)30-13-10-25(26)24-8-9-27(29)31-17-24)20(3)32-14-11-22(12-15-32)21-4-6-23(7-5-21)28(33)34;1-2/h4-10,13,16-17,20,22H,11-12,14-15H2,1-3H3,(H2,29,31)(H,33,34);1-2H3/b18-16+;. The molecular weight excluding hydrogens is 448 g/mol. The zero-order valence-electron chi connectivity index (χ0n) is 22.0. The summed E-state index contributed by atoms with van der Waals surface area (Å²) in [6.07, 6.45) is 8.05. The van der Waals surface area contributed by atoms with Gasteiger partial charge in [-0.1, -0.05) is 37.6 Å². The summed E-state index contributed by atoms with van der Waals surface area (Å²) in [4.78, 5) is 22.4. The van der Waals surface area contributed by atoms with Crippen LogP contribution in [0, 0.1) is 6.92 Å². The lowest BCUT2D eigenvalue weighted by molar-refractivity contribution is 0.0697. The summed E-state index contributed by atoms with van der Waals surface area (Å²) in [5.74, 6) is 0.107. The second-order valence-electron chi connectivity index (χ2n) is 9.13. The van der Waals surface area contributed by atoms with Crippen LogP contribution in [-0.4, -0.2) is 45.1 Å². The van der Waals surface area contributed by atoms with Crippen LogP contribution in [-0.2, 0) is 0 Å². The van der Waals surface area contributed by atoms with Crippen LogP contribution < -0.4 is 5.73 Å². The van der Waals surface area contributed by atoms with E-state index in [1.807, 2.05) is 63.5 Å². The van der Waals surface area contributed by atoms with Gasteiger partial charge in [0, 0.05) is 35.3 Å². The lowest BCUT2D eigenvalue weighted by Gasteiger charge is -2.37. The number of aromatic nitrogens is 2. The van der Waals surface area contributed by atoms with Crippen molar-refractivity contribution in [2.45, 2.75) is 59.4 Å². The first-order valence-corrected chi connectivity index (χ1v) is 12.8. The van der Waals surface area contributed by atoms with Gasteiger partial charge in [-0.05, 0) is 94.1 Å². The van der Waals surface area contributed by atoms with Crippen molar-refractivity contribution in [1.29, 1.82) is 0 Å². The number of likely N-dealkylation sites (tertiary alicyclic amines) is 1. The molecule has 3 aromatic rings. The SMILES string of the molecule is C/C(=C\c1c(-c2ccc(N)nc2)ccnc1C)C(C)N1CCC(c2ccc(C(=O)O)cc2)CC1.CC. The third-order valence-electron chi connectivity index (χ3n) is 7.02. The molecular formula is C30H38N4O2. The molecule has 0 saturated carbocycles. The third-order valence-corrected chi connectivity index (χ3v) is 7.02. The zero-order chi connectivity index (χ0) is 26.2. The summed E-state index contributed by atoms with van der Waals surface area (Å²) in [6, 6.07) is 13.5. The molecule has 3 heterocycles. The Morgan fingerprint density at radius 1 is 1.08 bits per heavy atom. The molecule has 0 spiro atoms. The maximum Gasteiger partial charge on any atom is 0.335 e. The number of pyridine rings is 2. The third kappa shape index (κ3) is 6.38. The minimum absolute atomic E-state index is 0.312. The van der Waals surface area contributed by atoms with Crippen LogP contribution in [0.5, 0.6) is 0 Å². The highest BCUT2D eigenvalue weighted by Gasteiger charge is 2.25. The van der Waals surface area contributed by atoms with Crippen molar-refractivity contribution >= 4 is 17.9 Å². The van der Waals surface area contributed by atoms with Gasteiger partial charge in [0.25, 0.3) is 0 Å². The summed E-state index contributed by atoms with van der Waals surface area (Å²) in [5, 5.41) is 9.13. The highest BCUT2D eigenvalue weighted by Crippen LogP contribution is 2.32. The van der Waals surface area contributed by atoms with Crippen LogP contribution in [0.1, 0.15) is 73.6 Å². The first-order valence-electron chi connectivity index (χ1n) is 12.8. The maximum absolute atomic E-state index is 11.1. The number of aromatic carboxylic acids is 1. The van der Waals surface area contributed by atoms with Crippen LogP contribution >= 0.6 is 0 Å². The number of carboxylic acid groups (broad SMARTS) is 1. The Morgan fingerprint density at radius 3 is 2.33 bits per heavy atom. The van der Waals surface area contributed by atoms with Gasteiger partial charge in [0.05, 0.1) is 5.56 Å². The van der Waals surface area contributed by atoms with Crippen LogP contribution in [0.2, 0.25) is 0 Å². The maximum atomic E-state index is 11.1. The van der Waals surface area contributed by atoms with Gasteiger partial charge in [0.15, 0.2) is 0 Å². The Bertz CT molecular complexity index is 1180. The second kappa shape index (κ2) is 12.5. The Hall–Kier alpha value is -3.51. The first kappa shape index (κ1) is 27.1. The largest absolute Gasteiger partial charge is 0.478 e. The van der Waals surface area contributed by atoms with E-state index in [9.17, 15) is 4.79 Å². The normalized spacial score (nSPS) is 15.6. The molecule has 2 aromatic heterocycles. The number of benzene rings is 1. The fourth-order valence-electron chi connectivity index (χ4n) is 4.73. The Labute approximate surface area is 214 Å². The van der Waals surface area contributed by atoms with Gasteiger partial charge in [-0.25, -0.2) is 9.78 Å². The topological polar surface area (TPSA) is 92.3 Å². The number of nitrogens with zero attached hydrogens (tertiary/aromatic N) is 3. The van der Waals surface area contributed by atoms with Crippen molar-refractivity contribution in [2.75, 3.05) is 18.8 Å². The lowest BCUT2D eigenvalue weighted by Crippen LogP contribution is -2.40. The highest BCUT2D eigenvalue weighted by atomic mass is 16.4. The first-order chi connectivity index (χ1) is 17.3. The van der Waals surface area contributed by atoms with E-state index in [2.05, 4.69) is 34.8 Å². The van der Waals surface area contributed by atoms with Gasteiger partial charge >= 0.3 is 5.97 Å². The molecule has 3 N–H and O–H groups in total. The highest BCUT2D eigenvalue weighted by molar-refractivity contribution is 5.87. The van der Waals surface area contributed by atoms with Gasteiger partial charge in [-0.15, -0.1) is 0 Å². The van der Waals surface area contributed by atoms with Gasteiger partial charge in [0.1, 0.15) is 5.82 Å². The smallest absolute Gasteiger partial charge is 0.335 e. The fraction of sp³-hybridized carbons (Fsp3) is 0.367. The number of hydrogen-bond acceptors (Lipinski definition) is 5.